The summed E-state index contributed by atoms with van der Waals surface area (Å²) in [6, 6.07) is 4.08. The van der Waals surface area contributed by atoms with Crippen LogP contribution in [0.4, 0.5) is 13.2 Å². The average molecular weight is 303 g/mol. The van der Waals surface area contributed by atoms with Crippen molar-refractivity contribution in [1.29, 1.82) is 5.26 Å². The van der Waals surface area contributed by atoms with E-state index in [1.807, 2.05) is 0 Å². The van der Waals surface area contributed by atoms with Crippen molar-refractivity contribution in [3.05, 3.63) is 28.8 Å². The molecule has 1 rings (SSSR count). The maximum Gasteiger partial charge on any atom is 0.446 e. The van der Waals surface area contributed by atoms with E-state index in [-0.39, 0.29) is 34.4 Å². The number of halogens is 3. The van der Waals surface area contributed by atoms with E-state index in [9.17, 15) is 18.0 Å². The number of carbonyl (C=O) groups is 1. The summed E-state index contributed by atoms with van der Waals surface area (Å²) in [6.45, 7) is 3.44. The molecule has 1 aromatic carbocycles. The maximum atomic E-state index is 12.4. The molecule has 0 aromatic heterocycles. The summed E-state index contributed by atoms with van der Waals surface area (Å²) in [5, 5.41) is 9.03. The number of nitrogens with zero attached hydrogens (tertiary/aromatic N) is 1. The molecule has 0 spiro atoms. The molecule has 0 bridgehead atoms. The number of carbonyl (C=O) groups excluding carboxylic acids is 1. The van der Waals surface area contributed by atoms with E-state index in [0.29, 0.717) is 12.0 Å². The molecule has 108 valence electrons. The summed E-state index contributed by atoms with van der Waals surface area (Å²) < 4.78 is 42.0. The first-order chi connectivity index (χ1) is 9.32. The van der Waals surface area contributed by atoms with Crippen LogP contribution >= 0.6 is 11.8 Å². The highest BCUT2D eigenvalue weighted by molar-refractivity contribution is 8.00. The van der Waals surface area contributed by atoms with Gasteiger partial charge in [-0.05, 0) is 42.8 Å². The van der Waals surface area contributed by atoms with Crippen molar-refractivity contribution in [2.75, 3.05) is 6.61 Å². The zero-order valence-electron chi connectivity index (χ0n) is 10.9. The molecule has 3 nitrogen and oxygen atoms in total. The number of nitriles is 1. The average Bonchev–Trinajstić information content (AvgIpc) is 2.35. The van der Waals surface area contributed by atoms with Gasteiger partial charge in [-0.3, -0.25) is 0 Å². The fourth-order valence-corrected chi connectivity index (χ4v) is 2.32. The monoisotopic (exact) mass is 303 g/mol. The van der Waals surface area contributed by atoms with Crippen molar-refractivity contribution in [1.82, 2.24) is 0 Å². The van der Waals surface area contributed by atoms with Gasteiger partial charge >= 0.3 is 11.5 Å². The first kappa shape index (κ1) is 16.4. The van der Waals surface area contributed by atoms with Gasteiger partial charge in [-0.15, -0.1) is 0 Å². The molecule has 0 saturated heterocycles. The summed E-state index contributed by atoms with van der Waals surface area (Å²) in [7, 11) is 0. The Kier molecular flexibility index (Phi) is 5.45. The Balaban J connectivity index is 3.33. The first-order valence-corrected chi connectivity index (χ1v) is 6.63. The number of hydrogen-bond acceptors (Lipinski definition) is 4. The van der Waals surface area contributed by atoms with Gasteiger partial charge in [-0.1, -0.05) is 6.92 Å². The van der Waals surface area contributed by atoms with Gasteiger partial charge in [0.2, 0.25) is 0 Å². The quantitative estimate of drug-likeness (QED) is 0.625. The summed E-state index contributed by atoms with van der Waals surface area (Å²) in [4.78, 5) is 11.7. The third-order valence-electron chi connectivity index (χ3n) is 2.41. The van der Waals surface area contributed by atoms with Crippen molar-refractivity contribution < 1.29 is 22.7 Å². The van der Waals surface area contributed by atoms with E-state index in [0.717, 1.165) is 6.07 Å². The molecule has 0 aliphatic carbocycles. The molecular formula is C13H12F3NO2S. The molecule has 7 heteroatoms. The SMILES string of the molecule is CCOC(=O)c1c(C#N)cc(SC(F)(F)F)cc1CC. The van der Waals surface area contributed by atoms with Crippen molar-refractivity contribution in [3.63, 3.8) is 0 Å². The second-order valence-corrected chi connectivity index (χ2v) is 4.88. The Labute approximate surface area is 118 Å². The Bertz CT molecular complexity index is 550. The predicted octanol–water partition coefficient (Wildman–Crippen LogP) is 3.91. The normalized spacial score (nSPS) is 11.0. The van der Waals surface area contributed by atoms with Gasteiger partial charge in [-0.25, -0.2) is 4.79 Å². The molecule has 0 heterocycles. The number of esters is 1. The van der Waals surface area contributed by atoms with Crippen LogP contribution in [0.15, 0.2) is 17.0 Å². The van der Waals surface area contributed by atoms with Crippen molar-refractivity contribution in [2.45, 2.75) is 30.7 Å². The highest BCUT2D eigenvalue weighted by atomic mass is 32.2. The molecule has 0 fully saturated rings. The summed E-state index contributed by atoms with van der Waals surface area (Å²) in [5.41, 5.74) is -4.13. The fourth-order valence-electron chi connectivity index (χ4n) is 1.68. The number of rotatable bonds is 4. The van der Waals surface area contributed by atoms with Gasteiger partial charge in [0.25, 0.3) is 0 Å². The highest BCUT2D eigenvalue weighted by Gasteiger charge is 2.30. The Morgan fingerprint density at radius 2 is 2.05 bits per heavy atom. The lowest BCUT2D eigenvalue weighted by Crippen LogP contribution is -2.11. The number of hydrogen-bond donors (Lipinski definition) is 0. The fraction of sp³-hybridized carbons (Fsp3) is 0.385. The minimum atomic E-state index is -4.44. The summed E-state index contributed by atoms with van der Waals surface area (Å²) in [5.74, 6) is -0.690. The van der Waals surface area contributed by atoms with E-state index < -0.39 is 11.5 Å². The Morgan fingerprint density at radius 1 is 1.40 bits per heavy atom. The van der Waals surface area contributed by atoms with Gasteiger partial charge in [-0.2, -0.15) is 18.4 Å². The molecular weight excluding hydrogens is 291 g/mol. The van der Waals surface area contributed by atoms with Gasteiger partial charge in [0.05, 0.1) is 17.7 Å². The second kappa shape index (κ2) is 6.66. The lowest BCUT2D eigenvalue weighted by atomic mass is 10.00. The zero-order chi connectivity index (χ0) is 15.3. The standard InChI is InChI=1S/C13H12F3NO2S/c1-3-8-5-10(20-13(14,15)16)6-9(7-17)11(8)12(18)19-4-2/h5-6H,3-4H2,1-2H3. The minimum Gasteiger partial charge on any atom is -0.462 e. The van der Waals surface area contributed by atoms with Gasteiger partial charge in [0.1, 0.15) is 6.07 Å². The minimum absolute atomic E-state index is 0.0448. The number of thioether (sulfide) groups is 1. The number of alkyl halides is 3. The molecule has 20 heavy (non-hydrogen) atoms. The van der Waals surface area contributed by atoms with Crippen molar-refractivity contribution in [2.24, 2.45) is 0 Å². The predicted molar refractivity (Wildman–Crippen MR) is 68.4 cm³/mol. The van der Waals surface area contributed by atoms with Gasteiger partial charge in [0, 0.05) is 4.90 Å². The lowest BCUT2D eigenvalue weighted by molar-refractivity contribution is -0.0328. The molecule has 0 atom stereocenters. The number of ether oxygens (including phenoxy) is 1. The van der Waals surface area contributed by atoms with Crippen LogP contribution in [0.5, 0.6) is 0 Å². The van der Waals surface area contributed by atoms with Crippen LogP contribution in [0.25, 0.3) is 0 Å². The number of benzene rings is 1. The van der Waals surface area contributed by atoms with Crippen LogP contribution in [0, 0.1) is 11.3 Å². The van der Waals surface area contributed by atoms with Crippen LogP contribution in [-0.2, 0) is 11.2 Å². The van der Waals surface area contributed by atoms with E-state index >= 15 is 0 Å². The number of aryl methyl sites for hydroxylation is 1. The molecule has 0 amide bonds. The molecule has 0 saturated carbocycles. The lowest BCUT2D eigenvalue weighted by Gasteiger charge is -2.12. The summed E-state index contributed by atoms with van der Waals surface area (Å²) in [6.07, 6.45) is 0.328. The molecule has 0 radical (unpaired) electrons. The molecule has 0 aliphatic heterocycles. The van der Waals surface area contributed by atoms with Crippen molar-refractivity contribution >= 4 is 17.7 Å². The van der Waals surface area contributed by atoms with Gasteiger partial charge < -0.3 is 4.74 Å². The largest absolute Gasteiger partial charge is 0.462 e. The first-order valence-electron chi connectivity index (χ1n) is 5.82. The van der Waals surface area contributed by atoms with Crippen LogP contribution in [0.3, 0.4) is 0 Å². The Hall–Kier alpha value is -1.68. The molecule has 0 aliphatic rings. The van der Waals surface area contributed by atoms with E-state index in [1.54, 1.807) is 19.9 Å². The second-order valence-electron chi connectivity index (χ2n) is 3.74. The van der Waals surface area contributed by atoms with Crippen LogP contribution < -0.4 is 0 Å². The molecule has 0 N–H and O–H groups in total. The van der Waals surface area contributed by atoms with Crippen LogP contribution in [0.2, 0.25) is 0 Å². The van der Waals surface area contributed by atoms with Crippen molar-refractivity contribution in [3.8, 4) is 6.07 Å². The topological polar surface area (TPSA) is 50.1 Å². The van der Waals surface area contributed by atoms with E-state index in [4.69, 9.17) is 10.00 Å². The third kappa shape index (κ3) is 4.17. The molecule has 1 aromatic rings. The molecule has 0 unspecified atom stereocenters. The smallest absolute Gasteiger partial charge is 0.446 e. The zero-order valence-corrected chi connectivity index (χ0v) is 11.7. The van der Waals surface area contributed by atoms with E-state index in [2.05, 4.69) is 0 Å². The van der Waals surface area contributed by atoms with Crippen LogP contribution in [-0.4, -0.2) is 18.1 Å². The Morgan fingerprint density at radius 3 is 2.50 bits per heavy atom. The highest BCUT2D eigenvalue weighted by Crippen LogP contribution is 2.38. The summed E-state index contributed by atoms with van der Waals surface area (Å²) >= 11 is -0.310. The van der Waals surface area contributed by atoms with Gasteiger partial charge in [0.15, 0.2) is 0 Å². The third-order valence-corrected chi connectivity index (χ3v) is 3.11. The van der Waals surface area contributed by atoms with E-state index in [1.165, 1.54) is 6.07 Å². The maximum absolute atomic E-state index is 12.4. The van der Waals surface area contributed by atoms with Crippen LogP contribution in [0.1, 0.15) is 35.3 Å².